The molecule has 3 nitrogen and oxygen atoms in total. The quantitative estimate of drug-likeness (QED) is 0.781. The van der Waals surface area contributed by atoms with Crippen LogP contribution in [0.15, 0.2) is 34.1 Å². The highest BCUT2D eigenvalue weighted by Crippen LogP contribution is 2.26. The summed E-state index contributed by atoms with van der Waals surface area (Å²) < 4.78 is 11.8. The molecule has 0 aliphatic carbocycles. The van der Waals surface area contributed by atoms with Gasteiger partial charge in [0.05, 0.1) is 16.5 Å². The van der Waals surface area contributed by atoms with E-state index in [1.165, 1.54) is 0 Å². The van der Waals surface area contributed by atoms with Crippen molar-refractivity contribution in [3.8, 4) is 11.5 Å². The fraction of sp³-hybridized carbons (Fsp3) is 0.154. The normalized spacial score (nSPS) is 10.1. The van der Waals surface area contributed by atoms with Gasteiger partial charge in [0.2, 0.25) is 0 Å². The second-order valence-corrected chi connectivity index (χ2v) is 6.06. The third-order valence-electron chi connectivity index (χ3n) is 2.34. The summed E-state index contributed by atoms with van der Waals surface area (Å²) >= 11 is 5.00. The Bertz CT molecular complexity index is 551. The van der Waals surface area contributed by atoms with Gasteiger partial charge in [0.15, 0.2) is 6.29 Å². The number of halogens is 1. The number of hydrogen-bond acceptors (Lipinski definition) is 4. The minimum Gasteiger partial charge on any atom is -0.497 e. The maximum atomic E-state index is 11.0. The van der Waals surface area contributed by atoms with Crippen LogP contribution in [0.3, 0.4) is 0 Å². The molecule has 0 saturated carbocycles. The van der Waals surface area contributed by atoms with Crippen LogP contribution in [-0.4, -0.2) is 13.4 Å². The second kappa shape index (κ2) is 6.02. The van der Waals surface area contributed by atoms with Crippen molar-refractivity contribution in [1.82, 2.24) is 0 Å². The number of benzene rings is 1. The zero-order chi connectivity index (χ0) is 13.0. The van der Waals surface area contributed by atoms with Gasteiger partial charge in [0, 0.05) is 4.88 Å². The molecule has 94 valence electrons. The smallest absolute Gasteiger partial charge is 0.153 e. The molecular formula is C13H11BrO3S. The van der Waals surface area contributed by atoms with E-state index in [9.17, 15) is 4.79 Å². The first-order valence-electron chi connectivity index (χ1n) is 5.23. The average molecular weight is 327 g/mol. The highest BCUT2D eigenvalue weighted by atomic mass is 79.9. The first-order chi connectivity index (χ1) is 8.72. The molecule has 2 aromatic rings. The maximum Gasteiger partial charge on any atom is 0.153 e. The Hall–Kier alpha value is -1.33. The van der Waals surface area contributed by atoms with Crippen molar-refractivity contribution in [2.75, 3.05) is 7.11 Å². The van der Waals surface area contributed by atoms with Crippen LogP contribution in [0.4, 0.5) is 0 Å². The van der Waals surface area contributed by atoms with Gasteiger partial charge in [-0.15, -0.1) is 11.3 Å². The Morgan fingerprint density at radius 3 is 2.78 bits per heavy atom. The molecule has 1 heterocycles. The number of carbonyl (C=O) groups excluding carboxylic acids is 1. The number of thiophene rings is 1. The van der Waals surface area contributed by atoms with Gasteiger partial charge < -0.3 is 9.47 Å². The largest absolute Gasteiger partial charge is 0.497 e. The van der Waals surface area contributed by atoms with Crippen molar-refractivity contribution < 1.29 is 14.3 Å². The van der Waals surface area contributed by atoms with Crippen LogP contribution in [0.1, 0.15) is 15.2 Å². The molecule has 0 unspecified atom stereocenters. The standard InChI is InChI=1S/C13H11BrO3S/c1-16-10-2-4-12(9(6-10)7-15)17-8-11-3-5-13(14)18-11/h2-7H,8H2,1H3. The zero-order valence-electron chi connectivity index (χ0n) is 9.68. The van der Waals surface area contributed by atoms with Gasteiger partial charge in [0.25, 0.3) is 0 Å². The number of hydrogen-bond donors (Lipinski definition) is 0. The van der Waals surface area contributed by atoms with E-state index < -0.39 is 0 Å². The van der Waals surface area contributed by atoms with E-state index in [0.29, 0.717) is 23.7 Å². The van der Waals surface area contributed by atoms with Crippen molar-refractivity contribution in [2.24, 2.45) is 0 Å². The van der Waals surface area contributed by atoms with E-state index in [1.54, 1.807) is 36.6 Å². The Morgan fingerprint density at radius 2 is 2.17 bits per heavy atom. The monoisotopic (exact) mass is 326 g/mol. The maximum absolute atomic E-state index is 11.0. The number of methoxy groups -OCH3 is 1. The van der Waals surface area contributed by atoms with E-state index in [0.717, 1.165) is 14.9 Å². The molecule has 0 bridgehead atoms. The Balaban J connectivity index is 2.11. The molecule has 0 N–H and O–H groups in total. The van der Waals surface area contributed by atoms with Gasteiger partial charge in [0.1, 0.15) is 18.1 Å². The lowest BCUT2D eigenvalue weighted by molar-refractivity contribution is 0.111. The molecule has 18 heavy (non-hydrogen) atoms. The molecule has 0 amide bonds. The molecule has 0 aliphatic rings. The van der Waals surface area contributed by atoms with Gasteiger partial charge in [-0.25, -0.2) is 0 Å². The number of carbonyl (C=O) groups is 1. The van der Waals surface area contributed by atoms with Crippen LogP contribution in [0.5, 0.6) is 11.5 Å². The summed E-state index contributed by atoms with van der Waals surface area (Å²) in [5.74, 6) is 1.21. The summed E-state index contributed by atoms with van der Waals surface area (Å²) in [6.07, 6.45) is 0.766. The minimum atomic E-state index is 0.448. The van der Waals surface area contributed by atoms with Crippen molar-refractivity contribution >= 4 is 33.6 Å². The topological polar surface area (TPSA) is 35.5 Å². The highest BCUT2D eigenvalue weighted by Gasteiger charge is 2.06. The van der Waals surface area contributed by atoms with Gasteiger partial charge in [-0.2, -0.15) is 0 Å². The summed E-state index contributed by atoms with van der Waals surface area (Å²) in [6.45, 7) is 0.448. The van der Waals surface area contributed by atoms with E-state index in [4.69, 9.17) is 9.47 Å². The summed E-state index contributed by atoms with van der Waals surface area (Å²) in [6, 6.07) is 9.13. The van der Waals surface area contributed by atoms with Gasteiger partial charge in [-0.05, 0) is 46.3 Å². The Morgan fingerprint density at radius 1 is 1.33 bits per heavy atom. The predicted molar refractivity (Wildman–Crippen MR) is 74.7 cm³/mol. The molecule has 5 heteroatoms. The van der Waals surface area contributed by atoms with Crippen molar-refractivity contribution in [1.29, 1.82) is 0 Å². The third-order valence-corrected chi connectivity index (χ3v) is 3.94. The predicted octanol–water partition coefficient (Wildman–Crippen LogP) is 3.91. The zero-order valence-corrected chi connectivity index (χ0v) is 12.1. The lowest BCUT2D eigenvalue weighted by Crippen LogP contribution is -1.97. The average Bonchev–Trinajstić information content (AvgIpc) is 2.82. The van der Waals surface area contributed by atoms with Gasteiger partial charge >= 0.3 is 0 Å². The SMILES string of the molecule is COc1ccc(OCc2ccc(Br)s2)c(C=O)c1. The van der Waals surface area contributed by atoms with Gasteiger partial charge in [-0.3, -0.25) is 4.79 Å². The first-order valence-corrected chi connectivity index (χ1v) is 6.84. The van der Waals surface area contributed by atoms with E-state index in [2.05, 4.69) is 15.9 Å². The highest BCUT2D eigenvalue weighted by molar-refractivity contribution is 9.11. The van der Waals surface area contributed by atoms with E-state index in [-0.39, 0.29) is 0 Å². The molecule has 0 atom stereocenters. The molecule has 0 aliphatic heterocycles. The van der Waals surface area contributed by atoms with Crippen LogP contribution < -0.4 is 9.47 Å². The van der Waals surface area contributed by atoms with E-state index >= 15 is 0 Å². The fourth-order valence-electron chi connectivity index (χ4n) is 1.46. The molecule has 0 fully saturated rings. The summed E-state index contributed by atoms with van der Waals surface area (Å²) in [5.41, 5.74) is 0.491. The summed E-state index contributed by atoms with van der Waals surface area (Å²) in [7, 11) is 1.56. The molecule has 0 spiro atoms. The molecule has 0 saturated heterocycles. The molecule has 0 radical (unpaired) electrons. The third kappa shape index (κ3) is 3.11. The van der Waals surface area contributed by atoms with Gasteiger partial charge in [-0.1, -0.05) is 0 Å². The van der Waals surface area contributed by atoms with Crippen molar-refractivity contribution in [3.63, 3.8) is 0 Å². The molecule has 1 aromatic carbocycles. The van der Waals surface area contributed by atoms with E-state index in [1.807, 2.05) is 12.1 Å². The number of aldehydes is 1. The lowest BCUT2D eigenvalue weighted by atomic mass is 10.2. The second-order valence-electron chi connectivity index (χ2n) is 3.52. The summed E-state index contributed by atoms with van der Waals surface area (Å²) in [5, 5.41) is 0. The number of rotatable bonds is 5. The number of ether oxygens (including phenoxy) is 2. The fourth-order valence-corrected chi connectivity index (χ4v) is 2.85. The molecule has 2 rings (SSSR count). The van der Waals surface area contributed by atoms with Crippen molar-refractivity contribution in [2.45, 2.75) is 6.61 Å². The van der Waals surface area contributed by atoms with Crippen LogP contribution >= 0.6 is 27.3 Å². The van der Waals surface area contributed by atoms with Crippen LogP contribution in [0.2, 0.25) is 0 Å². The lowest BCUT2D eigenvalue weighted by Gasteiger charge is -2.08. The summed E-state index contributed by atoms with van der Waals surface area (Å²) in [4.78, 5) is 12.1. The Kier molecular flexibility index (Phi) is 4.38. The minimum absolute atomic E-state index is 0.448. The van der Waals surface area contributed by atoms with Crippen molar-refractivity contribution in [3.05, 3.63) is 44.6 Å². The van der Waals surface area contributed by atoms with Crippen LogP contribution in [-0.2, 0) is 6.61 Å². The Labute approximate surface area is 117 Å². The molecular weight excluding hydrogens is 316 g/mol. The molecule has 1 aromatic heterocycles. The van der Waals surface area contributed by atoms with Crippen LogP contribution in [0, 0.1) is 0 Å². The first kappa shape index (κ1) is 13.1. The van der Waals surface area contributed by atoms with Crippen LogP contribution in [0.25, 0.3) is 0 Å².